The first-order valence-corrected chi connectivity index (χ1v) is 32.0. The molecule has 6 heteroatoms. The van der Waals surface area contributed by atoms with Crippen LogP contribution in [0.3, 0.4) is 0 Å². The van der Waals surface area contributed by atoms with Crippen molar-refractivity contribution in [1.29, 1.82) is 0 Å². The number of aromatic hydroxyl groups is 6. The topological polar surface area (TPSA) is 121 Å². The summed E-state index contributed by atoms with van der Waals surface area (Å²) < 4.78 is 0. The van der Waals surface area contributed by atoms with Crippen LogP contribution in [0.1, 0.15) is 292 Å². The van der Waals surface area contributed by atoms with Gasteiger partial charge in [-0.25, -0.2) is 0 Å². The Morgan fingerprint density at radius 1 is 0.276 bits per heavy atom. The van der Waals surface area contributed by atoms with E-state index >= 15 is 0 Å². The van der Waals surface area contributed by atoms with Gasteiger partial charge in [0.2, 0.25) is 0 Å². The van der Waals surface area contributed by atoms with Crippen molar-refractivity contribution in [2.24, 2.45) is 0 Å². The standard InChI is InChI=1S/C18H30O.C16H26O.C15H24O.C14H22O.C12H18O.C6H6O/c1-8-9-10-13-11-14(17(2,3)4)16(19)15(12-13)18(5,6)7;1-8-11-9-12(15(2,3)4)14(17)13(10-11)16(5,6)7;1-10-8-11(14(2,3)4)13(16)12(9-10)15(5,6)7;1-13(2,3)10-8-7-9-11(12(10)15)14(4,5)6;1-8-6-9(2)11(13)10(7-8)12(3,4)5;7-6-4-2-1-3-5-6/h11-12,19H,8-10H2,1-7H3;9-10,17H,8H2,1-7H3;8-9,16H,1-7H3;7-9,15H,1-6H3;6-7,13H,1-5H3;1-5,7H. The fourth-order valence-corrected chi connectivity index (χ4v) is 10.0. The second kappa shape index (κ2) is 30.6. The Morgan fingerprint density at radius 3 is 0.782 bits per heavy atom. The third-order valence-corrected chi connectivity index (χ3v) is 15.3. The van der Waals surface area contributed by atoms with Crippen molar-refractivity contribution in [3.05, 3.63) is 175 Å². The molecule has 6 aromatic rings. The Labute approximate surface area is 533 Å². The smallest absolute Gasteiger partial charge is 0.123 e. The number of benzene rings is 6. The maximum absolute atomic E-state index is 10.6. The van der Waals surface area contributed by atoms with Gasteiger partial charge in [-0.3, -0.25) is 0 Å². The molecule has 0 unspecified atom stereocenters. The minimum Gasteiger partial charge on any atom is -0.508 e. The molecule has 0 fully saturated rings. The lowest BCUT2D eigenvalue weighted by molar-refractivity contribution is 0.421. The number of phenols is 6. The summed E-state index contributed by atoms with van der Waals surface area (Å²) in [4.78, 5) is 0. The molecule has 87 heavy (non-hydrogen) atoms. The zero-order valence-corrected chi connectivity index (χ0v) is 61.2. The molecule has 6 rings (SSSR count). The van der Waals surface area contributed by atoms with Crippen LogP contribution in [0.25, 0.3) is 0 Å². The molecule has 0 bridgehead atoms. The maximum atomic E-state index is 10.6. The Bertz CT molecular complexity index is 2970. The van der Waals surface area contributed by atoms with Gasteiger partial charge in [0.15, 0.2) is 0 Å². The molecule has 0 radical (unpaired) electrons. The van der Waals surface area contributed by atoms with E-state index in [9.17, 15) is 25.5 Å². The summed E-state index contributed by atoms with van der Waals surface area (Å²) in [6.07, 6.45) is 4.52. The van der Waals surface area contributed by atoms with Gasteiger partial charge in [-0.1, -0.05) is 303 Å². The van der Waals surface area contributed by atoms with Crippen LogP contribution in [0.15, 0.2) is 97.1 Å². The van der Waals surface area contributed by atoms with Crippen LogP contribution in [0, 0.1) is 20.8 Å². The van der Waals surface area contributed by atoms with Crippen LogP contribution in [0.4, 0.5) is 0 Å². The zero-order chi connectivity index (χ0) is 68.2. The van der Waals surface area contributed by atoms with Crippen molar-refractivity contribution in [1.82, 2.24) is 0 Å². The number of aryl methyl sites for hydroxylation is 5. The van der Waals surface area contributed by atoms with Crippen LogP contribution in [-0.4, -0.2) is 30.6 Å². The molecule has 0 saturated heterocycles. The second-order valence-corrected chi connectivity index (χ2v) is 33.5. The number of rotatable bonds is 4. The fraction of sp³-hybridized carbons (Fsp3) is 0.556. The number of para-hydroxylation sites is 2. The lowest BCUT2D eigenvalue weighted by Gasteiger charge is -2.28. The Hall–Kier alpha value is -5.88. The van der Waals surface area contributed by atoms with Crippen LogP contribution in [0.5, 0.6) is 34.5 Å². The Morgan fingerprint density at radius 2 is 0.529 bits per heavy atom. The summed E-state index contributed by atoms with van der Waals surface area (Å²) in [6.45, 7) is 68.2. The summed E-state index contributed by atoms with van der Waals surface area (Å²) in [5, 5.41) is 60.2. The summed E-state index contributed by atoms with van der Waals surface area (Å²) >= 11 is 0. The third kappa shape index (κ3) is 24.9. The van der Waals surface area contributed by atoms with E-state index < -0.39 is 0 Å². The first-order chi connectivity index (χ1) is 39.0. The Kier molecular flexibility index (Phi) is 27.8. The van der Waals surface area contributed by atoms with Gasteiger partial charge < -0.3 is 30.6 Å². The molecule has 0 atom stereocenters. The van der Waals surface area contributed by atoms with E-state index in [2.05, 4.69) is 257 Å². The molecule has 6 N–H and O–H groups in total. The van der Waals surface area contributed by atoms with Gasteiger partial charge in [-0.2, -0.15) is 0 Å². The van der Waals surface area contributed by atoms with Crippen LogP contribution >= 0.6 is 0 Å². The molecular formula is C81H126O6. The molecule has 6 nitrogen and oxygen atoms in total. The molecule has 0 saturated carbocycles. The van der Waals surface area contributed by atoms with Crippen molar-refractivity contribution in [3.63, 3.8) is 0 Å². The molecular weight excluding hydrogens is 1070 g/mol. The van der Waals surface area contributed by atoms with Crippen molar-refractivity contribution in [3.8, 4) is 34.5 Å². The molecule has 0 spiro atoms. The predicted molar refractivity (Wildman–Crippen MR) is 379 cm³/mol. The summed E-state index contributed by atoms with van der Waals surface area (Å²) in [5.74, 6) is 2.64. The average Bonchev–Trinajstić information content (AvgIpc) is 2.44. The minimum atomic E-state index is -0.0215. The molecule has 0 aliphatic heterocycles. The van der Waals surface area contributed by atoms with Gasteiger partial charge in [-0.15, -0.1) is 0 Å². The highest BCUT2D eigenvalue weighted by Gasteiger charge is 2.30. The van der Waals surface area contributed by atoms with Gasteiger partial charge in [0.25, 0.3) is 0 Å². The monoisotopic (exact) mass is 1190 g/mol. The molecule has 0 heterocycles. The van der Waals surface area contributed by atoms with Gasteiger partial charge in [0.1, 0.15) is 34.5 Å². The molecule has 0 amide bonds. The predicted octanol–water partition coefficient (Wildman–Crippen LogP) is 22.9. The zero-order valence-electron chi connectivity index (χ0n) is 61.2. The van der Waals surface area contributed by atoms with E-state index in [1.54, 1.807) is 24.3 Å². The lowest BCUT2D eigenvalue weighted by Crippen LogP contribution is -2.17. The van der Waals surface area contributed by atoms with E-state index in [0.29, 0.717) is 34.5 Å². The van der Waals surface area contributed by atoms with Crippen LogP contribution < -0.4 is 0 Å². The van der Waals surface area contributed by atoms with Gasteiger partial charge in [-0.05, 0) is 168 Å². The molecule has 6 aromatic carbocycles. The number of unbranched alkanes of at least 4 members (excludes halogenated alkanes) is 1. The summed E-state index contributed by atoms with van der Waals surface area (Å²) in [5.41, 5.74) is 15.3. The quantitative estimate of drug-likeness (QED) is 0.105. The SMILES string of the molecule is CC(C)(C)c1cccc(C(C)(C)C)c1O.CCCCc1cc(C(C)(C)C)c(O)c(C(C)(C)C)c1.CCc1cc(C(C)(C)C)c(O)c(C(C)(C)C)c1.Cc1cc(C(C)(C)C)c(O)c(C(C)(C)C)c1.Cc1cc(C)c(O)c(C(C)(C)C)c1.Oc1ccccc1. The average molecular weight is 1200 g/mol. The molecule has 486 valence electrons. The van der Waals surface area contributed by atoms with Crippen LogP contribution in [0.2, 0.25) is 0 Å². The Balaban J connectivity index is 0.000000530. The fourth-order valence-electron chi connectivity index (χ4n) is 10.0. The van der Waals surface area contributed by atoms with E-state index in [-0.39, 0.29) is 48.7 Å². The first-order valence-electron chi connectivity index (χ1n) is 32.0. The van der Waals surface area contributed by atoms with E-state index in [1.165, 1.54) is 35.1 Å². The largest absolute Gasteiger partial charge is 0.508 e. The normalized spacial score (nSPS) is 12.4. The minimum absolute atomic E-state index is 0.00859. The summed E-state index contributed by atoms with van der Waals surface area (Å²) in [6, 6.07) is 31.7. The second-order valence-electron chi connectivity index (χ2n) is 33.5. The van der Waals surface area contributed by atoms with Gasteiger partial charge in [0, 0.05) is 0 Å². The van der Waals surface area contributed by atoms with E-state index in [0.717, 1.165) is 68.5 Å². The number of phenolic OH excluding ortho intramolecular Hbond substituents is 6. The van der Waals surface area contributed by atoms with Crippen molar-refractivity contribution in [2.45, 2.75) is 296 Å². The summed E-state index contributed by atoms with van der Waals surface area (Å²) in [7, 11) is 0. The maximum Gasteiger partial charge on any atom is 0.123 e. The highest BCUT2D eigenvalue weighted by atomic mass is 16.3. The number of hydrogen-bond donors (Lipinski definition) is 6. The van der Waals surface area contributed by atoms with Crippen LogP contribution in [-0.2, 0) is 61.6 Å². The van der Waals surface area contributed by atoms with Gasteiger partial charge >= 0.3 is 0 Å². The van der Waals surface area contributed by atoms with Crippen molar-refractivity contribution in [2.75, 3.05) is 0 Å². The highest BCUT2D eigenvalue weighted by molar-refractivity contribution is 5.53. The molecule has 0 aliphatic carbocycles. The van der Waals surface area contributed by atoms with E-state index in [1.807, 2.05) is 37.3 Å². The number of hydrogen-bond acceptors (Lipinski definition) is 6. The lowest BCUT2D eigenvalue weighted by atomic mass is 9.78. The first kappa shape index (κ1) is 79.1. The third-order valence-electron chi connectivity index (χ3n) is 15.3. The highest BCUT2D eigenvalue weighted by Crippen LogP contribution is 2.44. The van der Waals surface area contributed by atoms with Crippen molar-refractivity contribution < 1.29 is 30.6 Å². The molecule has 0 aromatic heterocycles. The van der Waals surface area contributed by atoms with Gasteiger partial charge in [0.05, 0.1) is 0 Å². The molecule has 0 aliphatic rings. The van der Waals surface area contributed by atoms with Crippen molar-refractivity contribution >= 4 is 0 Å². The van der Waals surface area contributed by atoms with E-state index in [4.69, 9.17) is 5.11 Å².